The van der Waals surface area contributed by atoms with E-state index in [9.17, 15) is 0 Å². The van der Waals surface area contributed by atoms with Crippen molar-refractivity contribution < 1.29 is 0 Å². The summed E-state index contributed by atoms with van der Waals surface area (Å²) in [5.41, 5.74) is 5.33. The molecule has 0 unspecified atom stereocenters. The second-order valence-corrected chi connectivity index (χ2v) is 5.64. The monoisotopic (exact) mass is 277 g/mol. The number of nitrogens with zero attached hydrogens (tertiary/aromatic N) is 2. The maximum atomic E-state index is 4.61. The second kappa shape index (κ2) is 6.87. The lowest BCUT2D eigenvalue weighted by molar-refractivity contribution is 0.543. The van der Waals surface area contributed by atoms with Crippen LogP contribution >= 0.6 is 11.3 Å². The summed E-state index contributed by atoms with van der Waals surface area (Å²) in [6.45, 7) is 9.44. The summed E-state index contributed by atoms with van der Waals surface area (Å²) in [6.07, 6.45) is 2.18. The molecule has 104 valence electrons. The molecular formula is C15H23N3S. The molecule has 0 saturated carbocycles. The zero-order valence-corrected chi connectivity index (χ0v) is 12.9. The van der Waals surface area contributed by atoms with Crippen LogP contribution in [0.5, 0.6) is 0 Å². The van der Waals surface area contributed by atoms with Gasteiger partial charge in [0.1, 0.15) is 0 Å². The quantitative estimate of drug-likeness (QED) is 0.789. The van der Waals surface area contributed by atoms with Gasteiger partial charge in [-0.15, -0.1) is 0 Å². The molecule has 0 spiro atoms. The standard InChI is InChI=1S/C15H23N3S/c1-4-15-12(2)17-18(13(15)3)9-8-16-7-5-14-6-10-19-11-14/h6,10-11,16H,4-5,7-9H2,1-3H3. The molecule has 1 N–H and O–H groups in total. The van der Waals surface area contributed by atoms with Gasteiger partial charge in [-0.25, -0.2) is 0 Å². The van der Waals surface area contributed by atoms with Gasteiger partial charge in [0.2, 0.25) is 0 Å². The number of thiophene rings is 1. The van der Waals surface area contributed by atoms with E-state index in [-0.39, 0.29) is 0 Å². The zero-order valence-electron chi connectivity index (χ0n) is 12.1. The first-order valence-corrected chi connectivity index (χ1v) is 7.91. The summed E-state index contributed by atoms with van der Waals surface area (Å²) in [4.78, 5) is 0. The van der Waals surface area contributed by atoms with Crippen LogP contribution < -0.4 is 5.32 Å². The van der Waals surface area contributed by atoms with Gasteiger partial charge in [-0.05, 0) is 61.2 Å². The highest BCUT2D eigenvalue weighted by atomic mass is 32.1. The third-order valence-electron chi connectivity index (χ3n) is 3.56. The molecule has 0 fully saturated rings. The van der Waals surface area contributed by atoms with Gasteiger partial charge in [0.25, 0.3) is 0 Å². The summed E-state index contributed by atoms with van der Waals surface area (Å²) in [6, 6.07) is 2.20. The Morgan fingerprint density at radius 2 is 2.16 bits per heavy atom. The maximum absolute atomic E-state index is 4.61. The van der Waals surface area contributed by atoms with Crippen LogP contribution in [0.1, 0.15) is 29.4 Å². The Labute approximate surface area is 119 Å². The Kier molecular flexibility index (Phi) is 5.16. The number of aryl methyl sites for hydroxylation is 1. The highest BCUT2D eigenvalue weighted by molar-refractivity contribution is 7.07. The van der Waals surface area contributed by atoms with Gasteiger partial charge in [-0.3, -0.25) is 4.68 Å². The molecular weight excluding hydrogens is 254 g/mol. The van der Waals surface area contributed by atoms with Crippen molar-refractivity contribution >= 4 is 11.3 Å². The topological polar surface area (TPSA) is 29.9 Å². The van der Waals surface area contributed by atoms with E-state index in [4.69, 9.17) is 0 Å². The van der Waals surface area contributed by atoms with Crippen molar-refractivity contribution in [3.8, 4) is 0 Å². The molecule has 0 bridgehead atoms. The molecule has 0 aromatic carbocycles. The van der Waals surface area contributed by atoms with Gasteiger partial charge >= 0.3 is 0 Å². The molecule has 0 aliphatic rings. The first-order chi connectivity index (χ1) is 9.22. The number of hydrogen-bond acceptors (Lipinski definition) is 3. The van der Waals surface area contributed by atoms with Crippen LogP contribution in [-0.2, 0) is 19.4 Å². The lowest BCUT2D eigenvalue weighted by Crippen LogP contribution is -2.23. The fraction of sp³-hybridized carbons (Fsp3) is 0.533. The van der Waals surface area contributed by atoms with E-state index in [2.05, 4.69) is 52.7 Å². The van der Waals surface area contributed by atoms with Crippen molar-refractivity contribution in [2.45, 2.75) is 40.2 Å². The first-order valence-electron chi connectivity index (χ1n) is 6.97. The molecule has 19 heavy (non-hydrogen) atoms. The molecule has 0 amide bonds. The number of rotatable bonds is 7. The van der Waals surface area contributed by atoms with Crippen molar-refractivity contribution in [1.82, 2.24) is 15.1 Å². The number of aromatic nitrogens is 2. The third-order valence-corrected chi connectivity index (χ3v) is 4.29. The first kappa shape index (κ1) is 14.3. The van der Waals surface area contributed by atoms with E-state index in [1.165, 1.54) is 22.5 Å². The van der Waals surface area contributed by atoms with Crippen molar-refractivity contribution in [1.29, 1.82) is 0 Å². The average Bonchev–Trinajstić information content (AvgIpc) is 2.98. The van der Waals surface area contributed by atoms with Gasteiger partial charge in [0.05, 0.1) is 12.2 Å². The Hall–Kier alpha value is -1.13. The smallest absolute Gasteiger partial charge is 0.0628 e. The van der Waals surface area contributed by atoms with Gasteiger partial charge in [-0.1, -0.05) is 6.92 Å². The predicted molar refractivity (Wildman–Crippen MR) is 82.0 cm³/mol. The van der Waals surface area contributed by atoms with E-state index >= 15 is 0 Å². The van der Waals surface area contributed by atoms with Gasteiger partial charge in [0.15, 0.2) is 0 Å². The Morgan fingerprint density at radius 1 is 1.32 bits per heavy atom. The minimum absolute atomic E-state index is 0.955. The fourth-order valence-electron chi connectivity index (χ4n) is 2.44. The van der Waals surface area contributed by atoms with Crippen LogP contribution in [0.2, 0.25) is 0 Å². The molecule has 2 rings (SSSR count). The fourth-order valence-corrected chi connectivity index (χ4v) is 3.14. The molecule has 0 atom stereocenters. The molecule has 3 nitrogen and oxygen atoms in total. The highest BCUT2D eigenvalue weighted by Crippen LogP contribution is 2.12. The van der Waals surface area contributed by atoms with Gasteiger partial charge in [-0.2, -0.15) is 16.4 Å². The molecule has 0 aliphatic heterocycles. The van der Waals surface area contributed by atoms with Crippen molar-refractivity contribution in [2.24, 2.45) is 0 Å². The van der Waals surface area contributed by atoms with Crippen molar-refractivity contribution in [3.63, 3.8) is 0 Å². The van der Waals surface area contributed by atoms with Crippen LogP contribution in [0.25, 0.3) is 0 Å². The van der Waals surface area contributed by atoms with Crippen molar-refractivity contribution in [3.05, 3.63) is 39.3 Å². The van der Waals surface area contributed by atoms with E-state index in [1.807, 2.05) is 0 Å². The lowest BCUT2D eigenvalue weighted by atomic mass is 10.1. The SMILES string of the molecule is CCc1c(C)nn(CCNCCc2ccsc2)c1C. The molecule has 4 heteroatoms. The van der Waals surface area contributed by atoms with Crippen LogP contribution in [0.15, 0.2) is 16.8 Å². The van der Waals surface area contributed by atoms with Crippen LogP contribution in [0, 0.1) is 13.8 Å². The zero-order chi connectivity index (χ0) is 13.7. The van der Waals surface area contributed by atoms with E-state index in [0.29, 0.717) is 0 Å². The summed E-state index contributed by atoms with van der Waals surface area (Å²) >= 11 is 1.77. The highest BCUT2D eigenvalue weighted by Gasteiger charge is 2.08. The van der Waals surface area contributed by atoms with E-state index in [1.54, 1.807) is 11.3 Å². The Bertz CT molecular complexity index is 500. The average molecular weight is 277 g/mol. The Morgan fingerprint density at radius 3 is 2.79 bits per heavy atom. The molecule has 2 aromatic rings. The summed E-state index contributed by atoms with van der Waals surface area (Å²) in [5, 5.41) is 12.5. The summed E-state index contributed by atoms with van der Waals surface area (Å²) in [5.74, 6) is 0. The Balaban J connectivity index is 1.74. The normalized spacial score (nSPS) is 11.1. The minimum atomic E-state index is 0.955. The molecule has 2 aromatic heterocycles. The minimum Gasteiger partial charge on any atom is -0.315 e. The summed E-state index contributed by atoms with van der Waals surface area (Å²) < 4.78 is 2.13. The maximum Gasteiger partial charge on any atom is 0.0628 e. The van der Waals surface area contributed by atoms with Crippen LogP contribution in [0.4, 0.5) is 0 Å². The lowest BCUT2D eigenvalue weighted by Gasteiger charge is -2.06. The number of hydrogen-bond donors (Lipinski definition) is 1. The predicted octanol–water partition coefficient (Wildman–Crippen LogP) is 2.96. The van der Waals surface area contributed by atoms with Gasteiger partial charge in [0, 0.05) is 12.2 Å². The largest absolute Gasteiger partial charge is 0.315 e. The van der Waals surface area contributed by atoms with Crippen molar-refractivity contribution in [2.75, 3.05) is 13.1 Å². The third kappa shape index (κ3) is 3.67. The molecule has 0 saturated heterocycles. The second-order valence-electron chi connectivity index (χ2n) is 4.86. The molecule has 0 radical (unpaired) electrons. The van der Waals surface area contributed by atoms with Gasteiger partial charge < -0.3 is 5.32 Å². The van der Waals surface area contributed by atoms with Crippen LogP contribution in [0.3, 0.4) is 0 Å². The molecule has 2 heterocycles. The van der Waals surface area contributed by atoms with Crippen LogP contribution in [-0.4, -0.2) is 22.9 Å². The summed E-state index contributed by atoms with van der Waals surface area (Å²) in [7, 11) is 0. The van der Waals surface area contributed by atoms with E-state index < -0.39 is 0 Å². The number of nitrogens with one attached hydrogen (secondary N) is 1. The van der Waals surface area contributed by atoms with E-state index in [0.717, 1.165) is 32.5 Å². The molecule has 0 aliphatic carbocycles.